The van der Waals surface area contributed by atoms with Crippen molar-refractivity contribution in [2.75, 3.05) is 0 Å². The van der Waals surface area contributed by atoms with Crippen LogP contribution in [0, 0.1) is 6.92 Å². The largest absolute Gasteiger partial charge is 0.360 e. The number of aryl methyl sites for hydroxylation is 1. The van der Waals surface area contributed by atoms with E-state index in [2.05, 4.69) is 10.5 Å². The molecular formula is C10H11ClN2OS. The average Bonchev–Trinajstić information content (AvgIpc) is 2.76. The number of hydrogen-bond acceptors (Lipinski definition) is 4. The lowest BCUT2D eigenvalue weighted by molar-refractivity contribution is 0.369. The minimum absolute atomic E-state index is 0.691. The molecule has 2 rings (SSSR count). The molecule has 0 aliphatic heterocycles. The molecule has 0 aliphatic carbocycles. The van der Waals surface area contributed by atoms with Crippen molar-refractivity contribution >= 4 is 22.9 Å². The fourth-order valence-electron chi connectivity index (χ4n) is 1.26. The maximum Gasteiger partial charge on any atom is 0.150 e. The Morgan fingerprint density at radius 2 is 2.33 bits per heavy atom. The number of halogens is 1. The van der Waals surface area contributed by atoms with Crippen LogP contribution in [0.1, 0.15) is 16.3 Å². The first-order valence-corrected chi connectivity index (χ1v) is 5.80. The van der Waals surface area contributed by atoms with Crippen molar-refractivity contribution in [2.24, 2.45) is 0 Å². The topological polar surface area (TPSA) is 38.1 Å². The van der Waals surface area contributed by atoms with Gasteiger partial charge in [0.2, 0.25) is 0 Å². The van der Waals surface area contributed by atoms with Crippen LogP contribution in [0.25, 0.3) is 0 Å². The van der Waals surface area contributed by atoms with Crippen molar-refractivity contribution in [1.82, 2.24) is 10.5 Å². The Bertz CT molecular complexity index is 398. The van der Waals surface area contributed by atoms with E-state index in [9.17, 15) is 0 Å². The molecule has 2 heterocycles. The molecule has 0 fully saturated rings. The summed E-state index contributed by atoms with van der Waals surface area (Å²) in [6, 6.07) is 5.85. The standard InChI is InChI=1S/C10H11ClN2OS/c1-7-4-8(14-13-7)5-12-6-9-2-3-10(11)15-9/h2-4,12H,5-6H2,1H3. The summed E-state index contributed by atoms with van der Waals surface area (Å²) in [5, 5.41) is 7.08. The zero-order valence-electron chi connectivity index (χ0n) is 8.29. The lowest BCUT2D eigenvalue weighted by atomic mass is 10.4. The van der Waals surface area contributed by atoms with Gasteiger partial charge in [-0.3, -0.25) is 0 Å². The van der Waals surface area contributed by atoms with E-state index in [0.29, 0.717) is 6.54 Å². The maximum absolute atomic E-state index is 5.82. The molecular weight excluding hydrogens is 232 g/mol. The zero-order chi connectivity index (χ0) is 10.7. The van der Waals surface area contributed by atoms with Gasteiger partial charge in [-0.1, -0.05) is 16.8 Å². The van der Waals surface area contributed by atoms with Gasteiger partial charge in [-0.2, -0.15) is 0 Å². The number of nitrogens with zero attached hydrogens (tertiary/aromatic N) is 1. The van der Waals surface area contributed by atoms with Gasteiger partial charge in [0.25, 0.3) is 0 Å². The van der Waals surface area contributed by atoms with Crippen molar-refractivity contribution in [1.29, 1.82) is 0 Å². The molecule has 1 N–H and O–H groups in total. The van der Waals surface area contributed by atoms with Crippen molar-refractivity contribution in [3.05, 3.63) is 38.9 Å². The normalized spacial score (nSPS) is 10.8. The van der Waals surface area contributed by atoms with Gasteiger partial charge in [-0.05, 0) is 19.1 Å². The molecule has 0 radical (unpaired) electrons. The molecule has 0 aromatic carbocycles. The van der Waals surface area contributed by atoms with Gasteiger partial charge in [0.05, 0.1) is 16.6 Å². The molecule has 0 saturated heterocycles. The van der Waals surface area contributed by atoms with E-state index >= 15 is 0 Å². The average molecular weight is 243 g/mol. The monoisotopic (exact) mass is 242 g/mol. The fraction of sp³-hybridized carbons (Fsp3) is 0.300. The molecule has 0 unspecified atom stereocenters. The van der Waals surface area contributed by atoms with E-state index in [1.165, 1.54) is 4.88 Å². The molecule has 0 saturated carbocycles. The molecule has 0 aliphatic rings. The first-order valence-electron chi connectivity index (χ1n) is 4.61. The second kappa shape index (κ2) is 4.79. The van der Waals surface area contributed by atoms with Gasteiger partial charge < -0.3 is 9.84 Å². The molecule has 0 spiro atoms. The molecule has 2 aromatic heterocycles. The SMILES string of the molecule is Cc1cc(CNCc2ccc(Cl)s2)on1. The van der Waals surface area contributed by atoms with E-state index < -0.39 is 0 Å². The summed E-state index contributed by atoms with van der Waals surface area (Å²) in [6.45, 7) is 3.40. The van der Waals surface area contributed by atoms with Crippen LogP contribution in [-0.4, -0.2) is 5.16 Å². The Morgan fingerprint density at radius 1 is 1.47 bits per heavy atom. The molecule has 5 heteroatoms. The number of rotatable bonds is 4. The van der Waals surface area contributed by atoms with E-state index in [4.69, 9.17) is 16.1 Å². The quantitative estimate of drug-likeness (QED) is 0.896. The Balaban J connectivity index is 1.80. The van der Waals surface area contributed by atoms with Crippen LogP contribution in [0.2, 0.25) is 4.34 Å². The summed E-state index contributed by atoms with van der Waals surface area (Å²) in [5.74, 6) is 0.857. The highest BCUT2D eigenvalue weighted by Gasteiger charge is 2.01. The Morgan fingerprint density at radius 3 is 2.93 bits per heavy atom. The van der Waals surface area contributed by atoms with E-state index in [1.54, 1.807) is 11.3 Å². The smallest absolute Gasteiger partial charge is 0.150 e. The van der Waals surface area contributed by atoms with Crippen LogP contribution in [0.15, 0.2) is 22.7 Å². The summed E-state index contributed by atoms with van der Waals surface area (Å²) in [6.07, 6.45) is 0. The lowest BCUT2D eigenvalue weighted by Crippen LogP contribution is -2.10. The Labute approximate surface area is 97.0 Å². The Kier molecular flexibility index (Phi) is 3.41. The lowest BCUT2D eigenvalue weighted by Gasteiger charge is -1.98. The molecule has 2 aromatic rings. The molecule has 0 amide bonds. The first-order chi connectivity index (χ1) is 7.24. The predicted molar refractivity (Wildman–Crippen MR) is 61.1 cm³/mol. The van der Waals surface area contributed by atoms with Gasteiger partial charge in [0.15, 0.2) is 5.76 Å². The number of aromatic nitrogens is 1. The summed E-state index contributed by atoms with van der Waals surface area (Å²) in [4.78, 5) is 1.22. The summed E-state index contributed by atoms with van der Waals surface area (Å²) in [5.41, 5.74) is 0.908. The third-order valence-corrected chi connectivity index (χ3v) is 3.14. The minimum atomic E-state index is 0.691. The molecule has 15 heavy (non-hydrogen) atoms. The summed E-state index contributed by atoms with van der Waals surface area (Å²) in [7, 11) is 0. The predicted octanol–water partition coefficient (Wildman–Crippen LogP) is 2.99. The number of thiophene rings is 1. The van der Waals surface area contributed by atoms with Crippen LogP contribution in [0.5, 0.6) is 0 Å². The van der Waals surface area contributed by atoms with Crippen molar-refractivity contribution in [3.8, 4) is 0 Å². The van der Waals surface area contributed by atoms with Crippen LogP contribution < -0.4 is 5.32 Å². The highest BCUT2D eigenvalue weighted by molar-refractivity contribution is 7.16. The highest BCUT2D eigenvalue weighted by Crippen LogP contribution is 2.21. The maximum atomic E-state index is 5.82. The molecule has 80 valence electrons. The van der Waals surface area contributed by atoms with Gasteiger partial charge in [-0.25, -0.2) is 0 Å². The van der Waals surface area contributed by atoms with Gasteiger partial charge in [-0.15, -0.1) is 11.3 Å². The third-order valence-electron chi connectivity index (χ3n) is 1.90. The van der Waals surface area contributed by atoms with E-state index in [1.807, 2.05) is 25.1 Å². The van der Waals surface area contributed by atoms with Crippen LogP contribution >= 0.6 is 22.9 Å². The van der Waals surface area contributed by atoms with Crippen LogP contribution in [0.3, 0.4) is 0 Å². The van der Waals surface area contributed by atoms with Gasteiger partial charge in [0.1, 0.15) is 0 Å². The van der Waals surface area contributed by atoms with Crippen molar-refractivity contribution in [3.63, 3.8) is 0 Å². The Hall–Kier alpha value is -0.840. The summed E-state index contributed by atoms with van der Waals surface area (Å²) < 4.78 is 5.89. The summed E-state index contributed by atoms with van der Waals surface area (Å²) >= 11 is 7.41. The number of nitrogens with one attached hydrogen (secondary N) is 1. The third kappa shape index (κ3) is 3.06. The van der Waals surface area contributed by atoms with Gasteiger partial charge >= 0.3 is 0 Å². The fourth-order valence-corrected chi connectivity index (χ4v) is 2.31. The minimum Gasteiger partial charge on any atom is -0.360 e. The highest BCUT2D eigenvalue weighted by atomic mass is 35.5. The number of hydrogen-bond donors (Lipinski definition) is 1. The second-order valence-electron chi connectivity index (χ2n) is 3.24. The van der Waals surface area contributed by atoms with E-state index in [0.717, 1.165) is 22.3 Å². The van der Waals surface area contributed by atoms with Crippen molar-refractivity contribution < 1.29 is 4.52 Å². The molecule has 0 bridgehead atoms. The van der Waals surface area contributed by atoms with Crippen molar-refractivity contribution in [2.45, 2.75) is 20.0 Å². The van der Waals surface area contributed by atoms with Gasteiger partial charge in [0, 0.05) is 17.5 Å². The van der Waals surface area contributed by atoms with Crippen LogP contribution in [0.4, 0.5) is 0 Å². The molecule has 3 nitrogen and oxygen atoms in total. The zero-order valence-corrected chi connectivity index (χ0v) is 9.86. The van der Waals surface area contributed by atoms with Crippen LogP contribution in [-0.2, 0) is 13.1 Å². The van der Waals surface area contributed by atoms with E-state index in [-0.39, 0.29) is 0 Å². The first kappa shape index (κ1) is 10.7. The second-order valence-corrected chi connectivity index (χ2v) is 5.04. The molecule has 0 atom stereocenters.